The van der Waals surface area contributed by atoms with E-state index in [9.17, 15) is 38.7 Å². The van der Waals surface area contributed by atoms with Crippen molar-refractivity contribution in [1.82, 2.24) is 42.5 Å². The molecule has 308 valence electrons. The fraction of sp³-hybridized carbons (Fsp3) is 0.639. The van der Waals surface area contributed by atoms with Crippen molar-refractivity contribution in [3.8, 4) is 0 Å². The van der Waals surface area contributed by atoms with E-state index in [0.717, 1.165) is 0 Å². The molecule has 1 aliphatic rings. The summed E-state index contributed by atoms with van der Waals surface area (Å²) < 4.78 is 0. The molecule has 0 saturated carbocycles. The normalized spacial score (nSPS) is 26.4. The van der Waals surface area contributed by atoms with Crippen molar-refractivity contribution in [2.24, 2.45) is 23.1 Å². The van der Waals surface area contributed by atoms with Gasteiger partial charge in [0.2, 0.25) is 41.4 Å². The summed E-state index contributed by atoms with van der Waals surface area (Å²) in [7, 11) is 1.52. The summed E-state index contributed by atoms with van der Waals surface area (Å²) in [4.78, 5) is 95.1. The zero-order chi connectivity index (χ0) is 41.1. The molecule has 55 heavy (non-hydrogen) atoms. The van der Waals surface area contributed by atoms with Crippen molar-refractivity contribution in [2.45, 2.75) is 108 Å². The van der Waals surface area contributed by atoms with Crippen molar-refractivity contribution in [2.75, 3.05) is 33.2 Å². The Balaban J connectivity index is 2.60. The van der Waals surface area contributed by atoms with E-state index in [1.54, 1.807) is 30.3 Å². The average molecular weight is 776 g/mol. The summed E-state index contributed by atoms with van der Waals surface area (Å²) in [6.07, 6.45) is -1.21. The van der Waals surface area contributed by atoms with Crippen LogP contribution >= 0.6 is 0 Å². The number of aliphatic hydroxyl groups excluding tert-OH is 1. The number of carbonyl (C=O) groups excluding carboxylic acids is 7. The van der Waals surface area contributed by atoms with Gasteiger partial charge in [-0.15, -0.1) is 0 Å². The molecule has 1 aromatic carbocycles. The van der Waals surface area contributed by atoms with Gasteiger partial charge in [-0.05, 0) is 77.2 Å². The molecule has 19 nitrogen and oxygen atoms in total. The van der Waals surface area contributed by atoms with Gasteiger partial charge in [0, 0.05) is 13.0 Å². The molecule has 0 radical (unpaired) electrons. The third-order valence-electron chi connectivity index (χ3n) is 8.98. The Hall–Kier alpha value is -4.69. The second-order valence-electron chi connectivity index (χ2n) is 14.0. The molecular weight excluding hydrogens is 714 g/mol. The second-order valence-corrected chi connectivity index (χ2v) is 14.0. The molecule has 0 spiro atoms. The number of hydrogen-bond acceptors (Lipinski definition) is 12. The van der Waals surface area contributed by atoms with Gasteiger partial charge in [0.1, 0.15) is 36.3 Å². The lowest BCUT2D eigenvalue weighted by Crippen LogP contribution is -2.61. The molecule has 2 rings (SSSR count). The average Bonchev–Trinajstić information content (AvgIpc) is 3.13. The van der Waals surface area contributed by atoms with Crippen LogP contribution in [0.3, 0.4) is 0 Å². The van der Waals surface area contributed by atoms with Crippen LogP contribution in [-0.4, -0.2) is 128 Å². The molecule has 1 fully saturated rings. The number of carbonyl (C=O) groups is 7. The third-order valence-corrected chi connectivity index (χ3v) is 8.98. The summed E-state index contributed by atoms with van der Waals surface area (Å²) in [6.45, 7) is 4.84. The summed E-state index contributed by atoms with van der Waals surface area (Å²) >= 11 is 0. The lowest BCUT2D eigenvalue weighted by Gasteiger charge is -2.28. The van der Waals surface area contributed by atoms with Gasteiger partial charge in [-0.1, -0.05) is 44.2 Å². The molecule has 7 amide bonds. The lowest BCUT2D eigenvalue weighted by molar-refractivity contribution is -0.136. The number of amides is 7. The van der Waals surface area contributed by atoms with Crippen LogP contribution in [0.5, 0.6) is 0 Å². The first-order valence-corrected chi connectivity index (χ1v) is 18.7. The Kier molecular flexibility index (Phi) is 20.2. The third kappa shape index (κ3) is 15.5. The molecule has 0 aliphatic carbocycles. The van der Waals surface area contributed by atoms with Gasteiger partial charge in [-0.3, -0.25) is 33.6 Å². The Morgan fingerprint density at radius 1 is 0.636 bits per heavy atom. The Morgan fingerprint density at radius 3 is 1.55 bits per heavy atom. The summed E-state index contributed by atoms with van der Waals surface area (Å²) in [5.41, 5.74) is 18.1. The highest BCUT2D eigenvalue weighted by Gasteiger charge is 2.35. The maximum atomic E-state index is 14.0. The number of aliphatic hydroxyl groups is 1. The van der Waals surface area contributed by atoms with E-state index in [4.69, 9.17) is 17.2 Å². The largest absolute Gasteiger partial charge is 0.391 e. The topological polar surface area (TPSA) is 314 Å². The number of benzene rings is 1. The molecule has 1 aliphatic heterocycles. The number of likely N-dealkylation sites (N-methyl/N-ethyl adjacent to an activating group) is 1. The van der Waals surface area contributed by atoms with E-state index in [0.29, 0.717) is 5.56 Å². The molecular formula is C36H61N11O8. The highest BCUT2D eigenvalue weighted by molar-refractivity contribution is 5.97. The minimum Gasteiger partial charge on any atom is -0.391 e. The summed E-state index contributed by atoms with van der Waals surface area (Å²) in [5.74, 6) is -5.14. The first-order chi connectivity index (χ1) is 26.1. The molecule has 1 heterocycles. The van der Waals surface area contributed by atoms with Gasteiger partial charge in [-0.25, -0.2) is 0 Å². The highest BCUT2D eigenvalue weighted by Crippen LogP contribution is 2.10. The molecule has 0 bridgehead atoms. The van der Waals surface area contributed by atoms with E-state index in [1.165, 1.54) is 14.0 Å². The van der Waals surface area contributed by atoms with E-state index < -0.39 is 89.7 Å². The van der Waals surface area contributed by atoms with E-state index in [1.807, 2.05) is 13.8 Å². The van der Waals surface area contributed by atoms with Gasteiger partial charge in [0.15, 0.2) is 0 Å². The van der Waals surface area contributed by atoms with E-state index >= 15 is 0 Å². The van der Waals surface area contributed by atoms with Crippen LogP contribution in [0.1, 0.15) is 58.4 Å². The van der Waals surface area contributed by atoms with Crippen LogP contribution in [0, 0.1) is 5.92 Å². The van der Waals surface area contributed by atoms with Crippen LogP contribution in [0.25, 0.3) is 0 Å². The monoisotopic (exact) mass is 775 g/mol. The van der Waals surface area contributed by atoms with Crippen LogP contribution < -0.4 is 59.7 Å². The van der Waals surface area contributed by atoms with Crippen LogP contribution in [0.4, 0.5) is 0 Å². The molecule has 8 atom stereocenters. The van der Waals surface area contributed by atoms with Crippen molar-refractivity contribution in [1.29, 1.82) is 0 Å². The fourth-order valence-electron chi connectivity index (χ4n) is 5.95. The van der Waals surface area contributed by atoms with Crippen molar-refractivity contribution in [3.05, 3.63) is 35.9 Å². The van der Waals surface area contributed by atoms with Crippen LogP contribution in [0.2, 0.25) is 0 Å². The Bertz CT molecular complexity index is 1430. The molecule has 19 heteroatoms. The predicted octanol–water partition coefficient (Wildman–Crippen LogP) is -4.28. The maximum Gasteiger partial charge on any atom is 0.245 e. The number of rotatable bonds is 12. The number of nitrogens with two attached hydrogens (primary N) is 3. The zero-order valence-electron chi connectivity index (χ0n) is 32.2. The Morgan fingerprint density at radius 2 is 1.07 bits per heavy atom. The molecule has 8 unspecified atom stereocenters. The SMILES string of the molecule is CNC1CCNC(=O)C(C(C)O)NC(=O)C(CCN)NC(=O)C(CCN)NC(=O)C(CC(C)C)NC(=O)C(Cc2ccccc2)NC(=O)C(CCN)NC1=O. The van der Waals surface area contributed by atoms with Gasteiger partial charge < -0.3 is 64.8 Å². The number of hydrogen-bond donors (Lipinski definition) is 12. The molecule has 0 aromatic heterocycles. The predicted molar refractivity (Wildman–Crippen MR) is 204 cm³/mol. The quantitative estimate of drug-likeness (QED) is 0.0961. The minimum absolute atomic E-state index is 0.0148. The van der Waals surface area contributed by atoms with Crippen molar-refractivity contribution >= 4 is 41.4 Å². The zero-order valence-corrected chi connectivity index (χ0v) is 32.2. The highest BCUT2D eigenvalue weighted by atomic mass is 16.3. The standard InChI is InChI=1S/C36H61N11O8/c1-20(2)18-27-34(53)44-24(10-14-37)31(50)43-26(12-16-39)33(52)47-29(21(3)48)36(55)41-17-13-23(40-4)30(49)42-25(11-15-38)32(51)46-28(35(54)45-27)19-22-8-6-5-7-9-22/h5-9,20-21,23-29,40,48H,10-19,37-39H2,1-4H3,(H,41,55)(H,42,49)(H,43,50)(H,44,53)(H,45,54)(H,46,51)(H,47,52). The lowest BCUT2D eigenvalue weighted by atomic mass is 10.00. The molecule has 1 aromatic rings. The fourth-order valence-corrected chi connectivity index (χ4v) is 5.95. The van der Waals surface area contributed by atoms with E-state index in [2.05, 4.69) is 42.5 Å². The summed E-state index contributed by atoms with van der Waals surface area (Å²) in [5, 5.41) is 31.7. The van der Waals surface area contributed by atoms with Crippen LogP contribution in [-0.2, 0) is 40.0 Å². The van der Waals surface area contributed by atoms with Crippen LogP contribution in [0.15, 0.2) is 30.3 Å². The van der Waals surface area contributed by atoms with Crippen molar-refractivity contribution in [3.63, 3.8) is 0 Å². The van der Waals surface area contributed by atoms with Gasteiger partial charge >= 0.3 is 0 Å². The first-order valence-electron chi connectivity index (χ1n) is 18.7. The maximum absolute atomic E-state index is 14.0. The second kappa shape index (κ2) is 24.0. The minimum atomic E-state index is -1.45. The first kappa shape index (κ1) is 46.5. The summed E-state index contributed by atoms with van der Waals surface area (Å²) in [6, 6.07) is 0.505. The van der Waals surface area contributed by atoms with Gasteiger partial charge in [-0.2, -0.15) is 0 Å². The Labute approximate surface area is 322 Å². The van der Waals surface area contributed by atoms with Crippen molar-refractivity contribution < 1.29 is 38.7 Å². The smallest absolute Gasteiger partial charge is 0.245 e. The van der Waals surface area contributed by atoms with Gasteiger partial charge in [0.25, 0.3) is 0 Å². The van der Waals surface area contributed by atoms with Gasteiger partial charge in [0.05, 0.1) is 12.1 Å². The van der Waals surface area contributed by atoms with E-state index in [-0.39, 0.29) is 70.6 Å². The number of nitrogens with one attached hydrogen (secondary N) is 8. The molecule has 15 N–H and O–H groups in total. The molecule has 1 saturated heterocycles.